The number of amides is 2. The third-order valence-electron chi connectivity index (χ3n) is 5.90. The number of aliphatic hydroxyl groups is 1. The van der Waals surface area contributed by atoms with Gasteiger partial charge in [0.25, 0.3) is 5.91 Å². The molecule has 3 rings (SSSR count). The van der Waals surface area contributed by atoms with E-state index in [-0.39, 0.29) is 49.0 Å². The van der Waals surface area contributed by atoms with E-state index in [4.69, 9.17) is 9.47 Å². The van der Waals surface area contributed by atoms with E-state index < -0.39 is 11.6 Å². The van der Waals surface area contributed by atoms with Crippen LogP contribution >= 0.6 is 0 Å². The zero-order valence-corrected chi connectivity index (χ0v) is 20.9. The number of hydrogen-bond acceptors (Lipinski definition) is 8. The van der Waals surface area contributed by atoms with E-state index in [1.807, 2.05) is 37.8 Å². The maximum absolute atomic E-state index is 12.7. The molecule has 0 aliphatic carbocycles. The van der Waals surface area contributed by atoms with E-state index in [1.165, 1.54) is 12.0 Å². The Morgan fingerprint density at radius 2 is 1.83 bits per heavy atom. The number of ether oxygens (including phenoxy) is 2. The van der Waals surface area contributed by atoms with Gasteiger partial charge < -0.3 is 35.0 Å². The van der Waals surface area contributed by atoms with Crippen LogP contribution in [-0.4, -0.2) is 84.4 Å². The fourth-order valence-electron chi connectivity index (χ4n) is 4.17. The van der Waals surface area contributed by atoms with Crippen molar-refractivity contribution in [1.29, 1.82) is 0 Å². The van der Waals surface area contributed by atoms with Crippen LogP contribution < -0.4 is 10.6 Å². The number of esters is 1. The van der Waals surface area contributed by atoms with E-state index in [1.54, 1.807) is 12.1 Å². The number of carbonyl (C=O) groups is 3. The van der Waals surface area contributed by atoms with Crippen molar-refractivity contribution >= 4 is 29.3 Å². The minimum atomic E-state index is -0.582. The van der Waals surface area contributed by atoms with Crippen LogP contribution in [0.3, 0.4) is 0 Å². The molecule has 0 aromatic heterocycles. The number of hydrogen-bond donors (Lipinski definition) is 3. The Bertz CT molecular complexity index is 954. The molecular weight excluding hydrogens is 452 g/mol. The summed E-state index contributed by atoms with van der Waals surface area (Å²) in [5.74, 6) is -0.942. The van der Waals surface area contributed by atoms with Crippen molar-refractivity contribution in [3.8, 4) is 0 Å². The highest BCUT2D eigenvalue weighted by Crippen LogP contribution is 2.25. The normalized spacial score (nSPS) is 18.5. The van der Waals surface area contributed by atoms with E-state index in [0.717, 1.165) is 24.9 Å². The van der Waals surface area contributed by atoms with Crippen LogP contribution in [0.5, 0.6) is 0 Å². The molecule has 3 N–H and O–H groups in total. The average molecular weight is 489 g/mol. The Morgan fingerprint density at radius 3 is 2.46 bits per heavy atom. The van der Waals surface area contributed by atoms with Crippen LogP contribution in [-0.2, 0) is 19.1 Å². The molecule has 1 aromatic rings. The molecular formula is C25H36N4O6. The predicted octanol–water partition coefficient (Wildman–Crippen LogP) is 2.56. The Hall–Kier alpha value is -3.27. The van der Waals surface area contributed by atoms with Crippen LogP contribution in [0, 0.1) is 0 Å². The fraction of sp³-hybridized carbons (Fsp3) is 0.560. The van der Waals surface area contributed by atoms with Crippen LogP contribution in [0.2, 0.25) is 0 Å². The summed E-state index contributed by atoms with van der Waals surface area (Å²) in [5.41, 5.74) is 1.36. The van der Waals surface area contributed by atoms with E-state index in [0.29, 0.717) is 18.8 Å². The predicted molar refractivity (Wildman–Crippen MR) is 132 cm³/mol. The van der Waals surface area contributed by atoms with Crippen molar-refractivity contribution in [3.63, 3.8) is 0 Å². The maximum Gasteiger partial charge on any atom is 0.410 e. The SMILES string of the molecule is COC(=O)C1=C(Nc2ccc(NCC3CCCCN3C(=O)OC(C)(C)C)cc2)C(=O)N(CCO)C1. The number of rotatable bonds is 8. The standard InChI is InChI=1S/C25H36N4O6/c1-25(2,3)35-24(33)29-12-6-5-7-19(29)15-26-17-8-10-18(11-9-17)27-21-20(23(32)34-4)16-28(13-14-30)22(21)31/h8-11,19,26-27,30H,5-7,12-16H2,1-4H3. The molecule has 2 aliphatic heterocycles. The minimum absolute atomic E-state index is 0.0396. The summed E-state index contributed by atoms with van der Waals surface area (Å²) < 4.78 is 10.4. The van der Waals surface area contributed by atoms with Crippen molar-refractivity contribution < 1.29 is 29.0 Å². The summed E-state index contributed by atoms with van der Waals surface area (Å²) in [4.78, 5) is 40.6. The summed E-state index contributed by atoms with van der Waals surface area (Å²) in [6.07, 6.45) is 2.65. The number of methoxy groups -OCH3 is 1. The molecule has 2 heterocycles. The first-order valence-corrected chi connectivity index (χ1v) is 11.9. The topological polar surface area (TPSA) is 120 Å². The average Bonchev–Trinajstić information content (AvgIpc) is 3.12. The number of carbonyl (C=O) groups excluding carboxylic acids is 3. The fourth-order valence-corrected chi connectivity index (χ4v) is 4.17. The lowest BCUT2D eigenvalue weighted by Gasteiger charge is -2.37. The summed E-state index contributed by atoms with van der Waals surface area (Å²) in [5, 5.41) is 15.6. The zero-order valence-electron chi connectivity index (χ0n) is 20.9. The van der Waals surface area contributed by atoms with E-state index >= 15 is 0 Å². The second-order valence-corrected chi connectivity index (χ2v) is 9.70. The summed E-state index contributed by atoms with van der Waals surface area (Å²) >= 11 is 0. The van der Waals surface area contributed by atoms with Crippen LogP contribution in [0.15, 0.2) is 35.5 Å². The number of likely N-dealkylation sites (tertiary alicyclic amines) is 1. The number of benzene rings is 1. The highest BCUT2D eigenvalue weighted by atomic mass is 16.6. The number of nitrogens with one attached hydrogen (secondary N) is 2. The molecule has 1 saturated heterocycles. The van der Waals surface area contributed by atoms with Crippen LogP contribution in [0.25, 0.3) is 0 Å². The second-order valence-electron chi connectivity index (χ2n) is 9.70. The molecule has 1 aromatic carbocycles. The first-order chi connectivity index (χ1) is 16.6. The van der Waals surface area contributed by atoms with Gasteiger partial charge in [-0.1, -0.05) is 0 Å². The second kappa shape index (κ2) is 11.4. The highest BCUT2D eigenvalue weighted by molar-refractivity contribution is 6.08. The molecule has 0 radical (unpaired) electrons. The van der Waals surface area contributed by atoms with Crippen LogP contribution in [0.1, 0.15) is 40.0 Å². The third kappa shape index (κ3) is 6.88. The quantitative estimate of drug-likeness (QED) is 0.478. The lowest BCUT2D eigenvalue weighted by atomic mass is 10.0. The molecule has 10 heteroatoms. The van der Waals surface area contributed by atoms with Crippen molar-refractivity contribution in [3.05, 3.63) is 35.5 Å². The molecule has 0 spiro atoms. The molecule has 0 bridgehead atoms. The first kappa shape index (κ1) is 26.3. The molecule has 2 amide bonds. The number of piperidine rings is 1. The van der Waals surface area contributed by atoms with Gasteiger partial charge in [0.05, 0.1) is 31.9 Å². The van der Waals surface area contributed by atoms with Crippen molar-refractivity contribution in [2.45, 2.75) is 51.7 Å². The Morgan fingerprint density at radius 1 is 1.14 bits per heavy atom. The molecule has 1 fully saturated rings. The van der Waals surface area contributed by atoms with Crippen molar-refractivity contribution in [2.75, 3.05) is 50.5 Å². The third-order valence-corrected chi connectivity index (χ3v) is 5.90. The molecule has 1 atom stereocenters. The van der Waals surface area contributed by atoms with Gasteiger partial charge in [-0.15, -0.1) is 0 Å². The number of nitrogens with zero attached hydrogens (tertiary/aromatic N) is 2. The van der Waals surface area contributed by atoms with Gasteiger partial charge in [-0.25, -0.2) is 9.59 Å². The van der Waals surface area contributed by atoms with Gasteiger partial charge in [-0.3, -0.25) is 4.79 Å². The zero-order chi connectivity index (χ0) is 25.6. The lowest BCUT2D eigenvalue weighted by molar-refractivity contribution is -0.136. The molecule has 0 saturated carbocycles. The highest BCUT2D eigenvalue weighted by Gasteiger charge is 2.34. The van der Waals surface area contributed by atoms with Gasteiger partial charge in [0.2, 0.25) is 0 Å². The van der Waals surface area contributed by atoms with Gasteiger partial charge in [0.15, 0.2) is 0 Å². The Kier molecular flexibility index (Phi) is 8.61. The molecule has 10 nitrogen and oxygen atoms in total. The number of β-amino-alcohol motifs (C(OH)–C–C–N with tert-alkyl or cyclic N) is 1. The summed E-state index contributed by atoms with van der Waals surface area (Å²) in [7, 11) is 1.27. The molecule has 35 heavy (non-hydrogen) atoms. The van der Waals surface area contributed by atoms with Gasteiger partial charge in [0.1, 0.15) is 11.3 Å². The monoisotopic (exact) mass is 488 g/mol. The van der Waals surface area contributed by atoms with Gasteiger partial charge in [0, 0.05) is 31.0 Å². The molecule has 1 unspecified atom stereocenters. The van der Waals surface area contributed by atoms with E-state index in [9.17, 15) is 19.5 Å². The smallest absolute Gasteiger partial charge is 0.410 e. The Balaban J connectivity index is 1.63. The van der Waals surface area contributed by atoms with Crippen molar-refractivity contribution in [1.82, 2.24) is 9.80 Å². The lowest BCUT2D eigenvalue weighted by Crippen LogP contribution is -2.48. The van der Waals surface area contributed by atoms with Crippen LogP contribution in [0.4, 0.5) is 16.2 Å². The van der Waals surface area contributed by atoms with E-state index in [2.05, 4.69) is 10.6 Å². The van der Waals surface area contributed by atoms with Gasteiger partial charge >= 0.3 is 12.1 Å². The van der Waals surface area contributed by atoms with Gasteiger partial charge in [-0.05, 0) is 64.3 Å². The summed E-state index contributed by atoms with van der Waals surface area (Å²) in [6.45, 7) is 6.90. The first-order valence-electron chi connectivity index (χ1n) is 11.9. The molecule has 2 aliphatic rings. The number of aliphatic hydroxyl groups excluding tert-OH is 1. The Labute approximate surface area is 206 Å². The molecule has 192 valence electrons. The minimum Gasteiger partial charge on any atom is -0.466 e. The summed E-state index contributed by atoms with van der Waals surface area (Å²) in [6, 6.07) is 7.38. The largest absolute Gasteiger partial charge is 0.466 e. The van der Waals surface area contributed by atoms with Crippen molar-refractivity contribution in [2.24, 2.45) is 0 Å². The maximum atomic E-state index is 12.7. The van der Waals surface area contributed by atoms with Gasteiger partial charge in [-0.2, -0.15) is 0 Å². The number of anilines is 2.